The number of rotatable bonds is 3. The summed E-state index contributed by atoms with van der Waals surface area (Å²) in [5.41, 5.74) is 8.24. The molecule has 0 aliphatic heterocycles. The van der Waals surface area contributed by atoms with E-state index in [4.69, 9.17) is 28.9 Å². The molecule has 0 unspecified atom stereocenters. The van der Waals surface area contributed by atoms with Crippen LogP contribution < -0.4 is 5.73 Å². The molecule has 0 bridgehead atoms. The Balaban J connectivity index is 2.52. The summed E-state index contributed by atoms with van der Waals surface area (Å²) in [7, 11) is 0. The molecule has 0 saturated heterocycles. The highest BCUT2D eigenvalue weighted by atomic mass is 35.5. The number of benzene rings is 1. The van der Waals surface area contributed by atoms with Crippen molar-refractivity contribution in [3.8, 4) is 5.69 Å². The molecule has 0 saturated carbocycles. The fraction of sp³-hybridized carbons (Fsp3) is 0.273. The molecule has 0 radical (unpaired) electrons. The predicted octanol–water partition coefficient (Wildman–Crippen LogP) is 2.60. The van der Waals surface area contributed by atoms with Crippen LogP contribution in [0.3, 0.4) is 0 Å². The molecule has 90 valence electrons. The molecule has 2 N–H and O–H groups in total. The molecule has 1 aromatic carbocycles. The van der Waals surface area contributed by atoms with Gasteiger partial charge in [-0.2, -0.15) is 0 Å². The summed E-state index contributed by atoms with van der Waals surface area (Å²) in [6, 6.07) is 5.35. The van der Waals surface area contributed by atoms with Gasteiger partial charge in [0.25, 0.3) is 0 Å². The number of aromatic nitrogens is 3. The minimum absolute atomic E-state index is 0.379. The summed E-state index contributed by atoms with van der Waals surface area (Å²) < 4.78 is 1.74. The van der Waals surface area contributed by atoms with Gasteiger partial charge in [0.15, 0.2) is 0 Å². The average molecular weight is 271 g/mol. The van der Waals surface area contributed by atoms with Crippen LogP contribution in [0, 0.1) is 0 Å². The van der Waals surface area contributed by atoms with Crippen LogP contribution >= 0.6 is 23.2 Å². The largest absolute Gasteiger partial charge is 0.325 e. The standard InChI is InChI=1S/C11H12Cl2N4/c1-2-11-10(6-14)15-16-17(11)7-3-4-8(12)9(13)5-7/h3-5H,2,6,14H2,1H3. The number of hydrogen-bond acceptors (Lipinski definition) is 3. The summed E-state index contributed by atoms with van der Waals surface area (Å²) in [5.74, 6) is 0. The van der Waals surface area contributed by atoms with Gasteiger partial charge in [-0.3, -0.25) is 0 Å². The van der Waals surface area contributed by atoms with Gasteiger partial charge in [0, 0.05) is 6.54 Å². The van der Waals surface area contributed by atoms with Crippen LogP contribution in [0.25, 0.3) is 5.69 Å². The van der Waals surface area contributed by atoms with Gasteiger partial charge in [0.2, 0.25) is 0 Å². The van der Waals surface area contributed by atoms with E-state index in [1.807, 2.05) is 13.0 Å². The van der Waals surface area contributed by atoms with E-state index in [0.29, 0.717) is 16.6 Å². The zero-order valence-electron chi connectivity index (χ0n) is 9.32. The second-order valence-electron chi connectivity index (χ2n) is 3.55. The minimum Gasteiger partial charge on any atom is -0.325 e. The van der Waals surface area contributed by atoms with E-state index < -0.39 is 0 Å². The molecule has 0 aliphatic rings. The van der Waals surface area contributed by atoms with E-state index in [1.54, 1.807) is 16.8 Å². The number of halogens is 2. The van der Waals surface area contributed by atoms with Gasteiger partial charge >= 0.3 is 0 Å². The fourth-order valence-corrected chi connectivity index (χ4v) is 1.96. The molecule has 4 nitrogen and oxygen atoms in total. The van der Waals surface area contributed by atoms with Crippen LogP contribution in [-0.4, -0.2) is 15.0 Å². The Hall–Kier alpha value is -1.10. The van der Waals surface area contributed by atoms with Crippen molar-refractivity contribution in [2.75, 3.05) is 0 Å². The van der Waals surface area contributed by atoms with Gasteiger partial charge in [-0.15, -0.1) is 5.10 Å². The first-order valence-electron chi connectivity index (χ1n) is 5.26. The quantitative estimate of drug-likeness (QED) is 0.933. The molecule has 2 rings (SSSR count). The Labute approximate surface area is 109 Å². The Morgan fingerprint density at radius 1 is 1.29 bits per heavy atom. The first-order chi connectivity index (χ1) is 8.17. The zero-order valence-corrected chi connectivity index (χ0v) is 10.8. The van der Waals surface area contributed by atoms with Crippen LogP contribution in [0.15, 0.2) is 18.2 Å². The average Bonchev–Trinajstić information content (AvgIpc) is 2.75. The van der Waals surface area contributed by atoms with E-state index in [2.05, 4.69) is 10.3 Å². The maximum absolute atomic E-state index is 5.98. The zero-order chi connectivity index (χ0) is 12.4. The number of nitrogens with two attached hydrogens (primary N) is 1. The smallest absolute Gasteiger partial charge is 0.0999 e. The van der Waals surface area contributed by atoms with Gasteiger partial charge in [0.1, 0.15) is 0 Å². The van der Waals surface area contributed by atoms with E-state index >= 15 is 0 Å². The van der Waals surface area contributed by atoms with E-state index in [-0.39, 0.29) is 0 Å². The Bertz CT molecular complexity index is 536. The van der Waals surface area contributed by atoms with Gasteiger partial charge < -0.3 is 5.73 Å². The second kappa shape index (κ2) is 5.04. The molecule has 6 heteroatoms. The van der Waals surface area contributed by atoms with E-state index in [1.165, 1.54) is 0 Å². The summed E-state index contributed by atoms with van der Waals surface area (Å²) in [6.45, 7) is 2.41. The monoisotopic (exact) mass is 270 g/mol. The summed E-state index contributed by atoms with van der Waals surface area (Å²) in [4.78, 5) is 0. The molecule has 1 aromatic heterocycles. The van der Waals surface area contributed by atoms with Crippen LogP contribution in [0.2, 0.25) is 10.0 Å². The molecule has 17 heavy (non-hydrogen) atoms. The predicted molar refractivity (Wildman–Crippen MR) is 68.6 cm³/mol. The van der Waals surface area contributed by atoms with Crippen LogP contribution in [0.5, 0.6) is 0 Å². The highest BCUT2D eigenvalue weighted by Crippen LogP contribution is 2.25. The molecule has 0 fully saturated rings. The maximum Gasteiger partial charge on any atom is 0.0999 e. The Kier molecular flexibility index (Phi) is 3.66. The van der Waals surface area contributed by atoms with Gasteiger partial charge in [-0.05, 0) is 24.6 Å². The first kappa shape index (κ1) is 12.4. The lowest BCUT2D eigenvalue weighted by molar-refractivity contribution is 0.767. The van der Waals surface area contributed by atoms with Gasteiger partial charge in [0.05, 0.1) is 27.1 Å². The van der Waals surface area contributed by atoms with Crippen molar-refractivity contribution in [3.05, 3.63) is 39.6 Å². The third-order valence-electron chi connectivity index (χ3n) is 2.52. The van der Waals surface area contributed by atoms with Gasteiger partial charge in [-0.25, -0.2) is 4.68 Å². The van der Waals surface area contributed by atoms with E-state index in [9.17, 15) is 0 Å². The molecule has 0 spiro atoms. The van der Waals surface area contributed by atoms with Crippen molar-refractivity contribution in [2.24, 2.45) is 5.73 Å². The minimum atomic E-state index is 0.379. The SMILES string of the molecule is CCc1c(CN)nnn1-c1ccc(Cl)c(Cl)c1. The summed E-state index contributed by atoms with van der Waals surface area (Å²) in [6.07, 6.45) is 0.805. The molecule has 0 aliphatic carbocycles. The summed E-state index contributed by atoms with van der Waals surface area (Å²) >= 11 is 11.9. The van der Waals surface area contributed by atoms with Crippen molar-refractivity contribution >= 4 is 23.2 Å². The molecule has 0 atom stereocenters. The highest BCUT2D eigenvalue weighted by molar-refractivity contribution is 6.42. The number of nitrogens with zero attached hydrogens (tertiary/aromatic N) is 3. The Morgan fingerprint density at radius 2 is 2.06 bits per heavy atom. The van der Waals surface area contributed by atoms with Crippen molar-refractivity contribution in [1.82, 2.24) is 15.0 Å². The topological polar surface area (TPSA) is 56.7 Å². The molecular weight excluding hydrogens is 259 g/mol. The van der Waals surface area contributed by atoms with Crippen molar-refractivity contribution in [2.45, 2.75) is 19.9 Å². The van der Waals surface area contributed by atoms with Crippen LogP contribution in [0.4, 0.5) is 0 Å². The van der Waals surface area contributed by atoms with Crippen LogP contribution in [-0.2, 0) is 13.0 Å². The fourth-order valence-electron chi connectivity index (χ4n) is 1.67. The second-order valence-corrected chi connectivity index (χ2v) is 4.37. The normalized spacial score (nSPS) is 10.8. The molecule has 0 amide bonds. The summed E-state index contributed by atoms with van der Waals surface area (Å²) in [5, 5.41) is 9.15. The van der Waals surface area contributed by atoms with Crippen molar-refractivity contribution in [3.63, 3.8) is 0 Å². The molecule has 2 aromatic rings. The first-order valence-corrected chi connectivity index (χ1v) is 6.02. The molecular formula is C11H12Cl2N4. The number of hydrogen-bond donors (Lipinski definition) is 1. The Morgan fingerprint density at radius 3 is 2.65 bits per heavy atom. The third-order valence-corrected chi connectivity index (χ3v) is 3.26. The maximum atomic E-state index is 5.98. The molecule has 1 heterocycles. The van der Waals surface area contributed by atoms with Gasteiger partial charge in [-0.1, -0.05) is 35.3 Å². The lowest BCUT2D eigenvalue weighted by atomic mass is 10.2. The third kappa shape index (κ3) is 2.29. The highest BCUT2D eigenvalue weighted by Gasteiger charge is 2.12. The van der Waals surface area contributed by atoms with Crippen molar-refractivity contribution in [1.29, 1.82) is 0 Å². The van der Waals surface area contributed by atoms with E-state index in [0.717, 1.165) is 23.5 Å². The van der Waals surface area contributed by atoms with Crippen molar-refractivity contribution < 1.29 is 0 Å². The van der Waals surface area contributed by atoms with Crippen LogP contribution in [0.1, 0.15) is 18.3 Å². The lowest BCUT2D eigenvalue weighted by Crippen LogP contribution is -2.05. The lowest BCUT2D eigenvalue weighted by Gasteiger charge is -2.06.